The third-order valence-electron chi connectivity index (χ3n) is 3.10. The summed E-state index contributed by atoms with van der Waals surface area (Å²) in [4.78, 5) is 17.7. The highest BCUT2D eigenvalue weighted by Crippen LogP contribution is 2.47. The Hall–Kier alpha value is -1.58. The first-order valence-electron chi connectivity index (χ1n) is 5.37. The molecule has 1 fully saturated rings. The van der Waals surface area contributed by atoms with Gasteiger partial charge in [0.2, 0.25) is 0 Å². The minimum absolute atomic E-state index is 0.0942. The first kappa shape index (κ1) is 10.9. The molecular formula is C12H16N2O2. The third kappa shape index (κ3) is 2.01. The number of aromatic nitrogens is 1. The molecule has 0 atom stereocenters. The summed E-state index contributed by atoms with van der Waals surface area (Å²) < 4.78 is 4.83. The minimum Gasteiger partial charge on any atom is -0.469 e. The van der Waals surface area contributed by atoms with E-state index in [-0.39, 0.29) is 11.4 Å². The summed E-state index contributed by atoms with van der Waals surface area (Å²) in [7, 11) is 3.42. The third-order valence-corrected chi connectivity index (χ3v) is 3.10. The summed E-state index contributed by atoms with van der Waals surface area (Å²) >= 11 is 0. The van der Waals surface area contributed by atoms with E-state index in [0.717, 1.165) is 18.5 Å². The highest BCUT2D eigenvalue weighted by Gasteiger charge is 2.51. The zero-order valence-electron chi connectivity index (χ0n) is 9.64. The highest BCUT2D eigenvalue weighted by atomic mass is 16.5. The van der Waals surface area contributed by atoms with Crippen LogP contribution in [0.1, 0.15) is 12.8 Å². The van der Waals surface area contributed by atoms with Crippen molar-refractivity contribution in [3.8, 4) is 0 Å². The first-order chi connectivity index (χ1) is 7.68. The van der Waals surface area contributed by atoms with Crippen LogP contribution >= 0.6 is 0 Å². The average molecular weight is 220 g/mol. The van der Waals surface area contributed by atoms with E-state index in [0.29, 0.717) is 6.54 Å². The Kier molecular flexibility index (Phi) is 2.81. The van der Waals surface area contributed by atoms with Gasteiger partial charge in [0.05, 0.1) is 24.4 Å². The smallest absolute Gasteiger partial charge is 0.313 e. The number of hydrogen-bond donors (Lipinski definition) is 0. The van der Waals surface area contributed by atoms with E-state index >= 15 is 0 Å². The van der Waals surface area contributed by atoms with Crippen LogP contribution in [0.15, 0.2) is 24.5 Å². The van der Waals surface area contributed by atoms with Crippen molar-refractivity contribution < 1.29 is 9.53 Å². The predicted octanol–water partition coefficient (Wildman–Crippen LogP) is 1.47. The molecule has 0 spiro atoms. The molecule has 0 bridgehead atoms. The molecule has 0 amide bonds. The molecule has 1 aliphatic carbocycles. The number of rotatable bonds is 4. The van der Waals surface area contributed by atoms with Gasteiger partial charge in [-0.2, -0.15) is 0 Å². The van der Waals surface area contributed by atoms with Crippen LogP contribution in [0.4, 0.5) is 5.69 Å². The largest absolute Gasteiger partial charge is 0.469 e. The van der Waals surface area contributed by atoms with E-state index in [4.69, 9.17) is 4.74 Å². The Bertz CT molecular complexity index is 374. The molecule has 2 rings (SSSR count). The van der Waals surface area contributed by atoms with Gasteiger partial charge in [-0.1, -0.05) is 0 Å². The van der Waals surface area contributed by atoms with Gasteiger partial charge in [-0.25, -0.2) is 0 Å². The number of carbonyl (C=O) groups excluding carboxylic acids is 1. The van der Waals surface area contributed by atoms with E-state index in [2.05, 4.69) is 9.88 Å². The molecule has 1 saturated carbocycles. The van der Waals surface area contributed by atoms with E-state index in [1.54, 1.807) is 12.4 Å². The number of ether oxygens (including phenoxy) is 1. The van der Waals surface area contributed by atoms with Gasteiger partial charge < -0.3 is 9.64 Å². The fraction of sp³-hybridized carbons (Fsp3) is 0.500. The molecule has 4 heteroatoms. The summed E-state index contributed by atoms with van der Waals surface area (Å²) in [6.07, 6.45) is 5.38. The molecule has 1 aromatic heterocycles. The van der Waals surface area contributed by atoms with Crippen molar-refractivity contribution in [2.24, 2.45) is 5.41 Å². The van der Waals surface area contributed by atoms with Crippen LogP contribution in [0.25, 0.3) is 0 Å². The Labute approximate surface area is 95.2 Å². The normalized spacial score (nSPS) is 16.6. The van der Waals surface area contributed by atoms with Crippen LogP contribution in [0.2, 0.25) is 0 Å². The molecule has 0 aliphatic heterocycles. The zero-order chi connectivity index (χ0) is 11.6. The Balaban J connectivity index is 2.03. The number of hydrogen-bond acceptors (Lipinski definition) is 4. The maximum absolute atomic E-state index is 11.6. The van der Waals surface area contributed by atoms with Crippen molar-refractivity contribution in [1.82, 2.24) is 4.98 Å². The number of nitrogens with zero attached hydrogens (tertiary/aromatic N) is 2. The number of pyridine rings is 1. The fourth-order valence-electron chi connectivity index (χ4n) is 1.92. The highest BCUT2D eigenvalue weighted by molar-refractivity contribution is 5.80. The van der Waals surface area contributed by atoms with E-state index < -0.39 is 0 Å². The van der Waals surface area contributed by atoms with Crippen LogP contribution in [-0.2, 0) is 9.53 Å². The lowest BCUT2D eigenvalue weighted by molar-refractivity contribution is -0.146. The summed E-state index contributed by atoms with van der Waals surface area (Å²) in [6, 6.07) is 3.88. The molecule has 0 saturated heterocycles. The standard InChI is InChI=1S/C12H16N2O2/c1-14(10-4-3-7-13-8-10)9-12(5-6-12)11(15)16-2/h3-4,7-8H,5-6,9H2,1-2H3. The van der Waals surface area contributed by atoms with Gasteiger partial charge in [0, 0.05) is 19.8 Å². The monoisotopic (exact) mass is 220 g/mol. The first-order valence-corrected chi connectivity index (χ1v) is 5.37. The van der Waals surface area contributed by atoms with E-state index in [1.165, 1.54) is 7.11 Å². The predicted molar refractivity (Wildman–Crippen MR) is 61.2 cm³/mol. The van der Waals surface area contributed by atoms with Gasteiger partial charge >= 0.3 is 5.97 Å². The Morgan fingerprint density at radius 3 is 2.88 bits per heavy atom. The van der Waals surface area contributed by atoms with Crippen molar-refractivity contribution in [2.75, 3.05) is 25.6 Å². The van der Waals surface area contributed by atoms with Gasteiger partial charge in [-0.15, -0.1) is 0 Å². The SMILES string of the molecule is COC(=O)C1(CN(C)c2cccnc2)CC1. The molecule has 86 valence electrons. The molecule has 1 heterocycles. The van der Waals surface area contributed by atoms with Crippen molar-refractivity contribution in [3.05, 3.63) is 24.5 Å². The van der Waals surface area contributed by atoms with Crippen molar-refractivity contribution in [1.29, 1.82) is 0 Å². The lowest BCUT2D eigenvalue weighted by Gasteiger charge is -2.23. The molecular weight excluding hydrogens is 204 g/mol. The summed E-state index contributed by atoms with van der Waals surface area (Å²) in [5.41, 5.74) is 0.747. The number of methoxy groups -OCH3 is 1. The maximum Gasteiger partial charge on any atom is 0.313 e. The van der Waals surface area contributed by atoms with Crippen molar-refractivity contribution in [2.45, 2.75) is 12.8 Å². The Morgan fingerprint density at radius 1 is 1.62 bits per heavy atom. The summed E-state index contributed by atoms with van der Waals surface area (Å²) in [5, 5.41) is 0. The molecule has 0 aromatic carbocycles. The molecule has 0 radical (unpaired) electrons. The second kappa shape index (κ2) is 4.12. The second-order valence-electron chi connectivity index (χ2n) is 4.34. The molecule has 1 aliphatic rings. The van der Waals surface area contributed by atoms with Gasteiger partial charge in [0.25, 0.3) is 0 Å². The molecule has 0 unspecified atom stereocenters. The molecule has 0 N–H and O–H groups in total. The van der Waals surface area contributed by atoms with Gasteiger partial charge in [-0.3, -0.25) is 9.78 Å². The zero-order valence-corrected chi connectivity index (χ0v) is 9.64. The van der Waals surface area contributed by atoms with E-state index in [9.17, 15) is 4.79 Å². The minimum atomic E-state index is -0.278. The topological polar surface area (TPSA) is 42.4 Å². The van der Waals surface area contributed by atoms with E-state index in [1.807, 2.05) is 19.2 Å². The number of anilines is 1. The number of carbonyl (C=O) groups is 1. The van der Waals surface area contributed by atoms with Crippen LogP contribution in [0, 0.1) is 5.41 Å². The van der Waals surface area contributed by atoms with Crippen LogP contribution in [0.5, 0.6) is 0 Å². The van der Waals surface area contributed by atoms with Gasteiger partial charge in [-0.05, 0) is 25.0 Å². The lowest BCUT2D eigenvalue weighted by atomic mass is 10.1. The van der Waals surface area contributed by atoms with Crippen LogP contribution in [-0.4, -0.2) is 31.7 Å². The molecule has 16 heavy (non-hydrogen) atoms. The fourth-order valence-corrected chi connectivity index (χ4v) is 1.92. The van der Waals surface area contributed by atoms with Crippen LogP contribution < -0.4 is 4.90 Å². The van der Waals surface area contributed by atoms with Gasteiger partial charge in [0.15, 0.2) is 0 Å². The lowest BCUT2D eigenvalue weighted by Crippen LogP contribution is -2.32. The van der Waals surface area contributed by atoms with Crippen molar-refractivity contribution in [3.63, 3.8) is 0 Å². The molecule has 4 nitrogen and oxygen atoms in total. The Morgan fingerprint density at radius 2 is 2.38 bits per heavy atom. The van der Waals surface area contributed by atoms with Crippen LogP contribution in [0.3, 0.4) is 0 Å². The maximum atomic E-state index is 11.6. The number of esters is 1. The van der Waals surface area contributed by atoms with Crippen molar-refractivity contribution >= 4 is 11.7 Å². The molecule has 1 aromatic rings. The van der Waals surface area contributed by atoms with Gasteiger partial charge in [0.1, 0.15) is 0 Å². The summed E-state index contributed by atoms with van der Waals surface area (Å²) in [6.45, 7) is 0.700. The summed E-state index contributed by atoms with van der Waals surface area (Å²) in [5.74, 6) is -0.0942. The average Bonchev–Trinajstić information content (AvgIpc) is 3.10. The second-order valence-corrected chi connectivity index (χ2v) is 4.34. The quantitative estimate of drug-likeness (QED) is 0.721.